The van der Waals surface area contributed by atoms with Gasteiger partial charge in [0.1, 0.15) is 5.75 Å². The summed E-state index contributed by atoms with van der Waals surface area (Å²) >= 11 is 0. The number of benzene rings is 2. The normalized spacial score (nSPS) is 11.1. The van der Waals surface area contributed by atoms with Gasteiger partial charge in [-0.25, -0.2) is 0 Å². The maximum Gasteiger partial charge on any atom is 0.190 e. The molecule has 2 rings (SSSR count). The van der Waals surface area contributed by atoms with Crippen LogP contribution in [0.3, 0.4) is 0 Å². The predicted molar refractivity (Wildman–Crippen MR) is 114 cm³/mol. The molecule has 0 radical (unpaired) electrons. The molecular formula is C22H31N3O3. The molecule has 0 spiro atoms. The Morgan fingerprint density at radius 1 is 0.786 bits per heavy atom. The minimum absolute atomic E-state index is 0.740. The van der Waals surface area contributed by atoms with Crippen molar-refractivity contribution in [2.45, 2.75) is 19.8 Å². The Labute approximate surface area is 167 Å². The topological polar surface area (TPSA) is 64.1 Å². The zero-order chi connectivity index (χ0) is 20.4. The van der Waals surface area contributed by atoms with Crippen LogP contribution < -0.4 is 24.8 Å². The third-order valence-corrected chi connectivity index (χ3v) is 4.56. The van der Waals surface area contributed by atoms with Crippen LogP contribution in [-0.4, -0.2) is 47.4 Å². The van der Waals surface area contributed by atoms with Crippen molar-refractivity contribution in [3.63, 3.8) is 0 Å². The van der Waals surface area contributed by atoms with Gasteiger partial charge in [-0.15, -0.1) is 0 Å². The number of aliphatic imine (C=N–C) groups is 1. The predicted octanol–water partition coefficient (Wildman–Crippen LogP) is 2.97. The summed E-state index contributed by atoms with van der Waals surface area (Å²) in [7, 11) is 6.77. The highest BCUT2D eigenvalue weighted by molar-refractivity contribution is 5.79. The lowest BCUT2D eigenvalue weighted by Crippen LogP contribution is -2.39. The lowest BCUT2D eigenvalue weighted by Gasteiger charge is -2.13. The summed E-state index contributed by atoms with van der Waals surface area (Å²) in [4.78, 5) is 4.28. The van der Waals surface area contributed by atoms with E-state index < -0.39 is 0 Å². The van der Waals surface area contributed by atoms with E-state index in [9.17, 15) is 0 Å². The molecule has 2 N–H and O–H groups in total. The lowest BCUT2D eigenvalue weighted by atomic mass is 10.1. The molecule has 28 heavy (non-hydrogen) atoms. The summed E-state index contributed by atoms with van der Waals surface area (Å²) in [5, 5.41) is 6.69. The summed E-state index contributed by atoms with van der Waals surface area (Å²) in [6.07, 6.45) is 1.75. The molecule has 0 fully saturated rings. The van der Waals surface area contributed by atoms with Gasteiger partial charge >= 0.3 is 0 Å². The standard InChI is InChI=1S/C22H31N3O3/c1-16-6-7-17(14-20(16)27-4)10-12-24-22(23-2)25-13-11-18-8-9-19(26-3)21(15-18)28-5/h6-9,14-15H,10-13H2,1-5H3,(H2,23,24,25). The van der Waals surface area contributed by atoms with Crippen molar-refractivity contribution in [3.05, 3.63) is 53.1 Å². The monoisotopic (exact) mass is 385 g/mol. The van der Waals surface area contributed by atoms with Crippen molar-refractivity contribution in [2.75, 3.05) is 41.5 Å². The van der Waals surface area contributed by atoms with Gasteiger partial charge in [0.25, 0.3) is 0 Å². The Bertz CT molecular complexity index is 791. The van der Waals surface area contributed by atoms with Gasteiger partial charge < -0.3 is 24.8 Å². The SMILES string of the molecule is CN=C(NCCc1ccc(C)c(OC)c1)NCCc1ccc(OC)c(OC)c1. The van der Waals surface area contributed by atoms with E-state index in [1.807, 2.05) is 25.1 Å². The van der Waals surface area contributed by atoms with E-state index in [1.54, 1.807) is 28.4 Å². The van der Waals surface area contributed by atoms with Gasteiger partial charge in [0, 0.05) is 20.1 Å². The summed E-state index contributed by atoms with van der Waals surface area (Å²) in [6.45, 7) is 3.61. The van der Waals surface area contributed by atoms with Crippen LogP contribution in [0.15, 0.2) is 41.4 Å². The van der Waals surface area contributed by atoms with E-state index >= 15 is 0 Å². The molecule has 0 bridgehead atoms. The fourth-order valence-corrected chi connectivity index (χ4v) is 2.93. The smallest absolute Gasteiger partial charge is 0.190 e. The lowest BCUT2D eigenvalue weighted by molar-refractivity contribution is 0.354. The van der Waals surface area contributed by atoms with Crippen molar-refractivity contribution < 1.29 is 14.2 Å². The van der Waals surface area contributed by atoms with Crippen LogP contribution in [0.2, 0.25) is 0 Å². The fourth-order valence-electron chi connectivity index (χ4n) is 2.93. The highest BCUT2D eigenvalue weighted by atomic mass is 16.5. The first-order valence-electron chi connectivity index (χ1n) is 9.40. The molecule has 0 aliphatic heterocycles. The fraction of sp³-hybridized carbons (Fsp3) is 0.409. The van der Waals surface area contributed by atoms with Gasteiger partial charge in [-0.3, -0.25) is 4.99 Å². The Morgan fingerprint density at radius 2 is 1.32 bits per heavy atom. The van der Waals surface area contributed by atoms with E-state index in [0.29, 0.717) is 0 Å². The number of hydrogen-bond donors (Lipinski definition) is 2. The Balaban J connectivity index is 1.79. The molecule has 0 amide bonds. The molecule has 152 valence electrons. The Morgan fingerprint density at radius 3 is 1.86 bits per heavy atom. The first kappa shape index (κ1) is 21.4. The average Bonchev–Trinajstić information content (AvgIpc) is 2.73. The minimum Gasteiger partial charge on any atom is -0.496 e. The number of guanidine groups is 1. The number of aryl methyl sites for hydroxylation is 1. The molecule has 0 atom stereocenters. The summed E-state index contributed by atoms with van der Waals surface area (Å²) < 4.78 is 16.0. The van der Waals surface area contributed by atoms with Gasteiger partial charge in [-0.05, 0) is 54.7 Å². The summed E-state index contributed by atoms with van der Waals surface area (Å²) in [5.74, 6) is 3.20. The molecule has 0 heterocycles. The van der Waals surface area contributed by atoms with E-state index in [4.69, 9.17) is 14.2 Å². The summed E-state index contributed by atoms with van der Waals surface area (Å²) in [5.41, 5.74) is 3.55. The van der Waals surface area contributed by atoms with E-state index in [0.717, 1.165) is 54.7 Å². The van der Waals surface area contributed by atoms with E-state index in [2.05, 4.69) is 33.8 Å². The third-order valence-electron chi connectivity index (χ3n) is 4.56. The Kier molecular flexibility index (Phi) is 8.46. The van der Waals surface area contributed by atoms with Crippen molar-refractivity contribution in [1.82, 2.24) is 10.6 Å². The van der Waals surface area contributed by atoms with Crippen LogP contribution in [0, 0.1) is 6.92 Å². The summed E-state index contributed by atoms with van der Waals surface area (Å²) in [6, 6.07) is 12.3. The molecule has 0 unspecified atom stereocenters. The van der Waals surface area contributed by atoms with Crippen molar-refractivity contribution in [1.29, 1.82) is 0 Å². The highest BCUT2D eigenvalue weighted by Gasteiger charge is 2.05. The second-order valence-corrected chi connectivity index (χ2v) is 6.42. The zero-order valence-corrected chi connectivity index (χ0v) is 17.5. The van der Waals surface area contributed by atoms with Crippen LogP contribution in [0.1, 0.15) is 16.7 Å². The third kappa shape index (κ3) is 6.08. The van der Waals surface area contributed by atoms with Gasteiger partial charge in [0.05, 0.1) is 21.3 Å². The molecular weight excluding hydrogens is 354 g/mol. The molecule has 6 nitrogen and oxygen atoms in total. The molecule has 2 aromatic rings. The average molecular weight is 386 g/mol. The van der Waals surface area contributed by atoms with Crippen LogP contribution in [-0.2, 0) is 12.8 Å². The van der Waals surface area contributed by atoms with Gasteiger partial charge in [-0.1, -0.05) is 18.2 Å². The molecule has 2 aromatic carbocycles. The van der Waals surface area contributed by atoms with Crippen LogP contribution in [0.25, 0.3) is 0 Å². The van der Waals surface area contributed by atoms with Crippen molar-refractivity contribution in [3.8, 4) is 17.2 Å². The maximum absolute atomic E-state index is 5.39. The number of ether oxygens (including phenoxy) is 3. The molecule has 6 heteroatoms. The first-order valence-corrected chi connectivity index (χ1v) is 9.40. The second kappa shape index (κ2) is 11.1. The maximum atomic E-state index is 5.39. The number of rotatable bonds is 9. The quantitative estimate of drug-likeness (QED) is 0.513. The Hall–Kier alpha value is -2.89. The number of hydrogen-bond acceptors (Lipinski definition) is 4. The highest BCUT2D eigenvalue weighted by Crippen LogP contribution is 2.27. The zero-order valence-electron chi connectivity index (χ0n) is 17.5. The number of methoxy groups -OCH3 is 3. The molecule has 0 aliphatic carbocycles. The van der Waals surface area contributed by atoms with Gasteiger partial charge in [0.2, 0.25) is 0 Å². The minimum atomic E-state index is 0.740. The van der Waals surface area contributed by atoms with E-state index in [-0.39, 0.29) is 0 Å². The van der Waals surface area contributed by atoms with Gasteiger partial charge in [0.15, 0.2) is 17.5 Å². The van der Waals surface area contributed by atoms with Crippen LogP contribution in [0.5, 0.6) is 17.2 Å². The van der Waals surface area contributed by atoms with E-state index in [1.165, 1.54) is 11.1 Å². The van der Waals surface area contributed by atoms with Gasteiger partial charge in [-0.2, -0.15) is 0 Å². The van der Waals surface area contributed by atoms with Crippen molar-refractivity contribution in [2.24, 2.45) is 4.99 Å². The number of nitrogens with one attached hydrogen (secondary N) is 2. The van der Waals surface area contributed by atoms with Crippen LogP contribution in [0.4, 0.5) is 0 Å². The van der Waals surface area contributed by atoms with Crippen LogP contribution >= 0.6 is 0 Å². The molecule has 0 aliphatic rings. The van der Waals surface area contributed by atoms with Crippen molar-refractivity contribution >= 4 is 5.96 Å². The largest absolute Gasteiger partial charge is 0.496 e. The number of nitrogens with zero attached hydrogens (tertiary/aromatic N) is 1. The second-order valence-electron chi connectivity index (χ2n) is 6.42. The molecule has 0 saturated carbocycles. The molecule has 0 aromatic heterocycles. The first-order chi connectivity index (χ1) is 13.6. The molecule has 0 saturated heterocycles.